The summed E-state index contributed by atoms with van der Waals surface area (Å²) in [6.07, 6.45) is 0.968. The summed E-state index contributed by atoms with van der Waals surface area (Å²) in [6, 6.07) is 2.86. The van der Waals surface area contributed by atoms with Crippen LogP contribution in [-0.4, -0.2) is 21.3 Å². The van der Waals surface area contributed by atoms with Crippen molar-refractivity contribution in [2.75, 3.05) is 0 Å². The number of carboxylic acids is 1. The highest BCUT2D eigenvalue weighted by molar-refractivity contribution is 9.10. The molecule has 5 heteroatoms. The van der Waals surface area contributed by atoms with Gasteiger partial charge >= 0.3 is 5.97 Å². The fraction of sp³-hybridized carbons (Fsp3) is 0.300. The maximum absolute atomic E-state index is 11.1. The van der Waals surface area contributed by atoms with Gasteiger partial charge in [0.1, 0.15) is 0 Å². The van der Waals surface area contributed by atoms with Crippen LogP contribution in [0.5, 0.6) is 11.5 Å². The number of aliphatic carboxylic acids is 1. The number of aromatic hydroxyl groups is 2. The Balaban J connectivity index is 2.62. The van der Waals surface area contributed by atoms with Gasteiger partial charge in [-0.1, -0.05) is 15.9 Å². The molecule has 0 unspecified atom stereocenters. The van der Waals surface area contributed by atoms with Crippen molar-refractivity contribution in [2.24, 2.45) is 0 Å². The maximum atomic E-state index is 11.1. The highest BCUT2D eigenvalue weighted by Gasteiger charge is 2.54. The molecule has 80 valence electrons. The lowest BCUT2D eigenvalue weighted by Crippen LogP contribution is -2.20. The molecule has 4 nitrogen and oxygen atoms in total. The maximum Gasteiger partial charge on any atom is 0.314 e. The van der Waals surface area contributed by atoms with E-state index in [4.69, 9.17) is 5.11 Å². The molecule has 1 aliphatic rings. The molecule has 0 aliphatic heterocycles. The molecule has 0 atom stereocenters. The summed E-state index contributed by atoms with van der Waals surface area (Å²) in [7, 11) is 0. The monoisotopic (exact) mass is 272 g/mol. The minimum absolute atomic E-state index is 0.273. The molecule has 3 N–H and O–H groups in total. The van der Waals surface area contributed by atoms with Gasteiger partial charge in [0.25, 0.3) is 0 Å². The zero-order chi connectivity index (χ0) is 11.2. The van der Waals surface area contributed by atoms with Gasteiger partial charge in [0.2, 0.25) is 0 Å². The number of halogens is 1. The van der Waals surface area contributed by atoms with E-state index in [9.17, 15) is 15.0 Å². The Labute approximate surface area is 94.3 Å². The molecule has 0 spiro atoms. The molecule has 0 saturated heterocycles. The quantitative estimate of drug-likeness (QED) is 0.720. The Hall–Kier alpha value is -1.23. The molecular weight excluding hydrogens is 264 g/mol. The SMILES string of the molecule is O=C(O)C1(c2c(Br)ccc(O)c2O)CC1. The Morgan fingerprint density at radius 1 is 1.33 bits per heavy atom. The van der Waals surface area contributed by atoms with E-state index in [1.165, 1.54) is 12.1 Å². The van der Waals surface area contributed by atoms with E-state index >= 15 is 0 Å². The van der Waals surface area contributed by atoms with E-state index in [-0.39, 0.29) is 17.1 Å². The van der Waals surface area contributed by atoms with Crippen LogP contribution < -0.4 is 0 Å². The normalized spacial score (nSPS) is 17.4. The Morgan fingerprint density at radius 3 is 2.40 bits per heavy atom. The van der Waals surface area contributed by atoms with Crippen LogP contribution in [0.3, 0.4) is 0 Å². The molecule has 1 aromatic rings. The summed E-state index contributed by atoms with van der Waals surface area (Å²) < 4.78 is 0.512. The van der Waals surface area contributed by atoms with Crippen molar-refractivity contribution in [2.45, 2.75) is 18.3 Å². The third-order valence-electron chi connectivity index (χ3n) is 2.74. The van der Waals surface area contributed by atoms with E-state index < -0.39 is 11.4 Å². The topological polar surface area (TPSA) is 77.8 Å². The standard InChI is InChI=1S/C10H9BrO4/c11-5-1-2-6(12)8(13)7(5)10(3-4-10)9(14)15/h1-2,12-13H,3-4H2,(H,14,15). The molecular formula is C10H9BrO4. The van der Waals surface area contributed by atoms with Gasteiger partial charge in [0.05, 0.1) is 5.41 Å². The van der Waals surface area contributed by atoms with Crippen molar-refractivity contribution < 1.29 is 20.1 Å². The average molecular weight is 273 g/mol. The number of phenols is 2. The number of carbonyl (C=O) groups is 1. The van der Waals surface area contributed by atoms with Crippen molar-refractivity contribution in [1.29, 1.82) is 0 Å². The van der Waals surface area contributed by atoms with Crippen LogP contribution in [0.25, 0.3) is 0 Å². The third-order valence-corrected chi connectivity index (χ3v) is 3.40. The van der Waals surface area contributed by atoms with Crippen LogP contribution >= 0.6 is 15.9 Å². The lowest BCUT2D eigenvalue weighted by molar-refractivity contribution is -0.140. The summed E-state index contributed by atoms with van der Waals surface area (Å²) in [4.78, 5) is 11.1. The van der Waals surface area contributed by atoms with Crippen molar-refractivity contribution in [3.8, 4) is 11.5 Å². The second kappa shape index (κ2) is 3.13. The second-order valence-electron chi connectivity index (χ2n) is 3.68. The molecule has 1 saturated carbocycles. The van der Waals surface area contributed by atoms with Crippen LogP contribution in [0.4, 0.5) is 0 Å². The van der Waals surface area contributed by atoms with E-state index in [0.29, 0.717) is 17.3 Å². The number of benzene rings is 1. The number of hydrogen-bond acceptors (Lipinski definition) is 3. The van der Waals surface area contributed by atoms with Gasteiger partial charge in [0, 0.05) is 10.0 Å². The van der Waals surface area contributed by atoms with Gasteiger partial charge in [-0.2, -0.15) is 0 Å². The van der Waals surface area contributed by atoms with Crippen molar-refractivity contribution in [1.82, 2.24) is 0 Å². The molecule has 0 radical (unpaired) electrons. The lowest BCUT2D eigenvalue weighted by atomic mass is 9.95. The number of phenolic OH excluding ortho intramolecular Hbond substituents is 2. The minimum atomic E-state index is -1.03. The van der Waals surface area contributed by atoms with Crippen molar-refractivity contribution in [3.63, 3.8) is 0 Å². The van der Waals surface area contributed by atoms with E-state index in [1.54, 1.807) is 0 Å². The summed E-state index contributed by atoms with van der Waals surface area (Å²) >= 11 is 3.19. The first-order valence-corrected chi connectivity index (χ1v) is 5.22. The molecule has 0 amide bonds. The van der Waals surface area contributed by atoms with E-state index in [0.717, 1.165) is 0 Å². The van der Waals surface area contributed by atoms with E-state index in [1.807, 2.05) is 0 Å². The molecule has 0 aromatic heterocycles. The molecule has 0 heterocycles. The first-order valence-electron chi connectivity index (χ1n) is 4.43. The van der Waals surface area contributed by atoms with Gasteiger partial charge in [-0.05, 0) is 25.0 Å². The molecule has 1 fully saturated rings. The summed E-state index contributed by atoms with van der Waals surface area (Å²) in [5, 5.41) is 28.1. The van der Waals surface area contributed by atoms with Crippen LogP contribution in [0.15, 0.2) is 16.6 Å². The smallest absolute Gasteiger partial charge is 0.314 e. The van der Waals surface area contributed by atoms with Crippen LogP contribution in [0.2, 0.25) is 0 Å². The Bertz CT molecular complexity index is 437. The van der Waals surface area contributed by atoms with Gasteiger partial charge < -0.3 is 15.3 Å². The van der Waals surface area contributed by atoms with Gasteiger partial charge in [-0.25, -0.2) is 0 Å². The predicted molar refractivity (Wildman–Crippen MR) is 56.0 cm³/mol. The second-order valence-corrected chi connectivity index (χ2v) is 4.53. The molecule has 1 aliphatic carbocycles. The molecule has 0 bridgehead atoms. The average Bonchev–Trinajstić information content (AvgIpc) is 2.93. The zero-order valence-electron chi connectivity index (χ0n) is 7.70. The molecule has 1 aromatic carbocycles. The highest BCUT2D eigenvalue weighted by Crippen LogP contribution is 2.55. The summed E-state index contributed by atoms with van der Waals surface area (Å²) in [5.41, 5.74) is -0.753. The zero-order valence-corrected chi connectivity index (χ0v) is 9.28. The predicted octanol–water partition coefficient (Wildman–Crippen LogP) is 1.98. The number of rotatable bonds is 2. The first kappa shape index (κ1) is 10.3. The van der Waals surface area contributed by atoms with Crippen LogP contribution in [0, 0.1) is 0 Å². The minimum Gasteiger partial charge on any atom is -0.504 e. The largest absolute Gasteiger partial charge is 0.504 e. The van der Waals surface area contributed by atoms with Gasteiger partial charge in [-0.15, -0.1) is 0 Å². The number of carboxylic acid groups (broad SMARTS) is 1. The van der Waals surface area contributed by atoms with Crippen molar-refractivity contribution >= 4 is 21.9 Å². The highest BCUT2D eigenvalue weighted by atomic mass is 79.9. The Kier molecular flexibility index (Phi) is 2.15. The first-order chi connectivity index (χ1) is 6.99. The van der Waals surface area contributed by atoms with Crippen molar-refractivity contribution in [3.05, 3.63) is 22.2 Å². The Morgan fingerprint density at radius 2 is 1.93 bits per heavy atom. The van der Waals surface area contributed by atoms with Gasteiger partial charge in [-0.3, -0.25) is 4.79 Å². The lowest BCUT2D eigenvalue weighted by Gasteiger charge is -2.14. The molecule has 2 rings (SSSR count). The van der Waals surface area contributed by atoms with Gasteiger partial charge in [0.15, 0.2) is 11.5 Å². The fourth-order valence-corrected chi connectivity index (χ4v) is 2.41. The summed E-state index contributed by atoms with van der Waals surface area (Å²) in [5.74, 6) is -1.60. The van der Waals surface area contributed by atoms with Crippen LogP contribution in [-0.2, 0) is 10.2 Å². The van der Waals surface area contributed by atoms with E-state index in [2.05, 4.69) is 15.9 Å². The molecule has 15 heavy (non-hydrogen) atoms. The fourth-order valence-electron chi connectivity index (χ4n) is 1.71. The summed E-state index contributed by atoms with van der Waals surface area (Å²) in [6.45, 7) is 0. The number of hydrogen-bond donors (Lipinski definition) is 3. The third kappa shape index (κ3) is 1.38. The van der Waals surface area contributed by atoms with Crippen LogP contribution in [0.1, 0.15) is 18.4 Å².